The first kappa shape index (κ1) is 19.3. The molecule has 1 aromatic carbocycles. The Bertz CT molecular complexity index is 944. The molecule has 1 aliphatic heterocycles. The van der Waals surface area contributed by atoms with E-state index < -0.39 is 21.9 Å². The first-order chi connectivity index (χ1) is 12.9. The molecular formula is C17H21FN4O4S. The number of sulfonamides is 1. The molecule has 1 amide bonds. The normalized spacial score (nSPS) is 18.0. The first-order valence-corrected chi connectivity index (χ1v) is 10.0. The highest BCUT2D eigenvalue weighted by atomic mass is 32.2. The third-order valence-electron chi connectivity index (χ3n) is 4.44. The SMILES string of the molecule is CCn1nccc1N1CCC[C@@H](NS(=O)(=O)c2ccc(OC)c(F)c2)C1=O. The van der Waals surface area contributed by atoms with E-state index in [1.165, 1.54) is 24.1 Å². The molecule has 3 rings (SSSR count). The summed E-state index contributed by atoms with van der Waals surface area (Å²) in [4.78, 5) is 14.1. The number of aryl methyl sites for hydroxylation is 1. The Morgan fingerprint density at radius 1 is 1.37 bits per heavy atom. The molecule has 1 aromatic heterocycles. The Morgan fingerprint density at radius 2 is 2.15 bits per heavy atom. The topological polar surface area (TPSA) is 93.5 Å². The maximum Gasteiger partial charge on any atom is 0.246 e. The van der Waals surface area contributed by atoms with Crippen LogP contribution < -0.4 is 14.4 Å². The average Bonchev–Trinajstić information content (AvgIpc) is 3.11. The van der Waals surface area contributed by atoms with E-state index in [1.807, 2.05) is 6.92 Å². The third kappa shape index (κ3) is 3.81. The summed E-state index contributed by atoms with van der Waals surface area (Å²) in [5.74, 6) is -0.568. The number of ether oxygens (including phenoxy) is 1. The van der Waals surface area contributed by atoms with Crippen molar-refractivity contribution in [3.8, 4) is 5.75 Å². The number of hydrogen-bond acceptors (Lipinski definition) is 5. The van der Waals surface area contributed by atoms with E-state index >= 15 is 0 Å². The summed E-state index contributed by atoms with van der Waals surface area (Å²) in [5, 5.41) is 4.15. The molecule has 0 bridgehead atoms. The molecule has 10 heteroatoms. The van der Waals surface area contributed by atoms with Crippen LogP contribution in [-0.4, -0.2) is 43.8 Å². The fraction of sp³-hybridized carbons (Fsp3) is 0.412. The number of aromatic nitrogens is 2. The summed E-state index contributed by atoms with van der Waals surface area (Å²) in [6.07, 6.45) is 2.60. The molecule has 1 N–H and O–H groups in total. The third-order valence-corrected chi connectivity index (χ3v) is 5.91. The van der Waals surface area contributed by atoms with Crippen molar-refractivity contribution in [2.24, 2.45) is 0 Å². The first-order valence-electron chi connectivity index (χ1n) is 8.56. The van der Waals surface area contributed by atoms with Crippen LogP contribution in [0.15, 0.2) is 35.4 Å². The Balaban J connectivity index is 1.82. The minimum absolute atomic E-state index is 0.0540. The number of nitrogens with one attached hydrogen (secondary N) is 1. The molecular weight excluding hydrogens is 375 g/mol. The van der Waals surface area contributed by atoms with E-state index in [1.54, 1.807) is 16.9 Å². The predicted octanol–water partition coefficient (Wildman–Crippen LogP) is 1.52. The van der Waals surface area contributed by atoms with Crippen LogP contribution in [0.1, 0.15) is 19.8 Å². The van der Waals surface area contributed by atoms with Gasteiger partial charge in [0.2, 0.25) is 15.9 Å². The van der Waals surface area contributed by atoms with Crippen molar-refractivity contribution in [3.05, 3.63) is 36.3 Å². The van der Waals surface area contributed by atoms with Crippen molar-refractivity contribution < 1.29 is 22.3 Å². The van der Waals surface area contributed by atoms with Crippen LogP contribution in [-0.2, 0) is 21.4 Å². The highest BCUT2D eigenvalue weighted by Gasteiger charge is 2.34. The number of rotatable bonds is 6. The predicted molar refractivity (Wildman–Crippen MR) is 96.5 cm³/mol. The highest BCUT2D eigenvalue weighted by molar-refractivity contribution is 7.89. The largest absolute Gasteiger partial charge is 0.494 e. The Morgan fingerprint density at radius 3 is 2.81 bits per heavy atom. The number of halogens is 1. The number of amides is 1. The fourth-order valence-corrected chi connectivity index (χ4v) is 4.32. The maximum atomic E-state index is 13.9. The zero-order valence-corrected chi connectivity index (χ0v) is 15.9. The van der Waals surface area contributed by atoms with Gasteiger partial charge in [-0.2, -0.15) is 9.82 Å². The summed E-state index contributed by atoms with van der Waals surface area (Å²) in [5.41, 5.74) is 0. The van der Waals surface area contributed by atoms with Gasteiger partial charge >= 0.3 is 0 Å². The lowest BCUT2D eigenvalue weighted by Crippen LogP contribution is -2.52. The highest BCUT2D eigenvalue weighted by Crippen LogP contribution is 2.24. The number of hydrogen-bond donors (Lipinski definition) is 1. The van der Waals surface area contributed by atoms with Crippen molar-refractivity contribution in [2.75, 3.05) is 18.6 Å². The maximum absolute atomic E-state index is 13.9. The summed E-state index contributed by atoms with van der Waals surface area (Å²) in [6.45, 7) is 2.98. The van der Waals surface area contributed by atoms with Gasteiger partial charge in [-0.05, 0) is 38.0 Å². The second-order valence-corrected chi connectivity index (χ2v) is 7.82. The van der Waals surface area contributed by atoms with Gasteiger partial charge in [-0.15, -0.1) is 0 Å². The smallest absolute Gasteiger partial charge is 0.246 e. The molecule has 2 aromatic rings. The van der Waals surface area contributed by atoms with Gasteiger partial charge in [0, 0.05) is 19.2 Å². The molecule has 1 fully saturated rings. The van der Waals surface area contributed by atoms with E-state index in [0.29, 0.717) is 31.7 Å². The molecule has 1 saturated heterocycles. The van der Waals surface area contributed by atoms with E-state index in [2.05, 4.69) is 9.82 Å². The van der Waals surface area contributed by atoms with Gasteiger partial charge in [-0.25, -0.2) is 17.5 Å². The van der Waals surface area contributed by atoms with Gasteiger partial charge in [0.15, 0.2) is 11.6 Å². The summed E-state index contributed by atoms with van der Waals surface area (Å²) >= 11 is 0. The van der Waals surface area contributed by atoms with E-state index in [0.717, 1.165) is 6.07 Å². The second kappa shape index (κ2) is 7.65. The number of benzene rings is 1. The number of methoxy groups -OCH3 is 1. The molecule has 0 spiro atoms. The Kier molecular flexibility index (Phi) is 5.47. The van der Waals surface area contributed by atoms with Crippen LogP contribution in [0.2, 0.25) is 0 Å². The van der Waals surface area contributed by atoms with Crippen molar-refractivity contribution in [3.63, 3.8) is 0 Å². The lowest BCUT2D eigenvalue weighted by atomic mass is 10.1. The van der Waals surface area contributed by atoms with Crippen molar-refractivity contribution in [1.29, 1.82) is 0 Å². The quantitative estimate of drug-likeness (QED) is 0.799. The molecule has 0 aliphatic carbocycles. The number of nitrogens with zero attached hydrogens (tertiary/aromatic N) is 3. The van der Waals surface area contributed by atoms with Gasteiger partial charge in [0.05, 0.1) is 18.2 Å². The van der Waals surface area contributed by atoms with Gasteiger partial charge in [-0.1, -0.05) is 0 Å². The van der Waals surface area contributed by atoms with Crippen LogP contribution in [0.4, 0.5) is 10.2 Å². The summed E-state index contributed by atoms with van der Waals surface area (Å²) in [7, 11) is -2.77. The minimum Gasteiger partial charge on any atom is -0.494 e. The van der Waals surface area contributed by atoms with Crippen LogP contribution in [0.3, 0.4) is 0 Å². The van der Waals surface area contributed by atoms with E-state index in [-0.39, 0.29) is 16.6 Å². The number of anilines is 1. The molecule has 146 valence electrons. The molecule has 2 heterocycles. The number of carbonyl (C=O) groups is 1. The molecule has 1 aliphatic rings. The second-order valence-electron chi connectivity index (χ2n) is 6.11. The molecule has 27 heavy (non-hydrogen) atoms. The number of carbonyl (C=O) groups excluding carboxylic acids is 1. The summed E-state index contributed by atoms with van der Waals surface area (Å²) in [6, 6.07) is 4.14. The van der Waals surface area contributed by atoms with Crippen LogP contribution in [0.25, 0.3) is 0 Å². The zero-order chi connectivity index (χ0) is 19.6. The lowest BCUT2D eigenvalue weighted by Gasteiger charge is -2.32. The van der Waals surface area contributed by atoms with Gasteiger partial charge in [0.25, 0.3) is 0 Å². The van der Waals surface area contributed by atoms with Crippen LogP contribution >= 0.6 is 0 Å². The van der Waals surface area contributed by atoms with Gasteiger partial charge in [0.1, 0.15) is 11.9 Å². The fourth-order valence-electron chi connectivity index (χ4n) is 3.08. The van der Waals surface area contributed by atoms with Crippen molar-refractivity contribution in [2.45, 2.75) is 37.2 Å². The summed E-state index contributed by atoms with van der Waals surface area (Å²) < 4.78 is 48.0. The van der Waals surface area contributed by atoms with Crippen LogP contribution in [0.5, 0.6) is 5.75 Å². The molecule has 0 unspecified atom stereocenters. The average molecular weight is 396 g/mol. The Labute approximate surface area is 157 Å². The molecule has 8 nitrogen and oxygen atoms in total. The van der Waals surface area contributed by atoms with E-state index in [9.17, 15) is 17.6 Å². The van der Waals surface area contributed by atoms with Gasteiger partial charge < -0.3 is 4.74 Å². The molecule has 1 atom stereocenters. The zero-order valence-electron chi connectivity index (χ0n) is 15.1. The standard InChI is InChI=1S/C17H21FN4O4S/c1-3-22-16(8-9-19-22)21-10-4-5-14(17(21)23)20-27(24,25)12-6-7-15(26-2)13(18)11-12/h6-9,11,14,20H,3-5,10H2,1-2H3/t14-/m1/s1. The monoisotopic (exact) mass is 396 g/mol. The van der Waals surface area contributed by atoms with Crippen LogP contribution in [0, 0.1) is 5.82 Å². The van der Waals surface area contributed by atoms with Crippen molar-refractivity contribution >= 4 is 21.7 Å². The van der Waals surface area contributed by atoms with Crippen molar-refractivity contribution in [1.82, 2.24) is 14.5 Å². The Hall–Kier alpha value is -2.46. The molecule has 0 radical (unpaired) electrons. The van der Waals surface area contributed by atoms with E-state index in [4.69, 9.17) is 4.74 Å². The molecule has 0 saturated carbocycles. The minimum atomic E-state index is -4.06. The lowest BCUT2D eigenvalue weighted by molar-refractivity contribution is -0.121. The number of piperidine rings is 1. The van der Waals surface area contributed by atoms with Gasteiger partial charge in [-0.3, -0.25) is 9.69 Å².